The van der Waals surface area contributed by atoms with E-state index >= 15 is 0 Å². The van der Waals surface area contributed by atoms with E-state index in [1.165, 1.54) is 16.7 Å². The van der Waals surface area contributed by atoms with Crippen LogP contribution >= 0.6 is 24.0 Å². The molecule has 1 aliphatic heterocycles. The van der Waals surface area contributed by atoms with Gasteiger partial charge in [0, 0.05) is 52.2 Å². The summed E-state index contributed by atoms with van der Waals surface area (Å²) in [4.78, 5) is 6.75. The van der Waals surface area contributed by atoms with Gasteiger partial charge in [0.25, 0.3) is 0 Å². The minimum Gasteiger partial charge on any atom is -0.393 e. The van der Waals surface area contributed by atoms with Crippen LogP contribution in [0.3, 0.4) is 0 Å². The molecule has 1 saturated heterocycles. The molecule has 0 atom stereocenters. The number of halogens is 1. The van der Waals surface area contributed by atoms with E-state index in [0.717, 1.165) is 63.6 Å². The summed E-state index contributed by atoms with van der Waals surface area (Å²) in [5.74, 6) is 0.805. The number of aromatic nitrogens is 2. The molecule has 0 spiro atoms. The highest BCUT2D eigenvalue weighted by Crippen LogP contribution is 2.14. The summed E-state index contributed by atoms with van der Waals surface area (Å²) in [5, 5.41) is 20.7. The summed E-state index contributed by atoms with van der Waals surface area (Å²) < 4.78 is 1.86. The number of benzene rings is 2. The highest BCUT2D eigenvalue weighted by molar-refractivity contribution is 14.0. The molecule has 0 aliphatic carbocycles. The lowest BCUT2D eigenvalue weighted by atomic mass is 10.1. The van der Waals surface area contributed by atoms with Crippen LogP contribution in [0.15, 0.2) is 72.0 Å². The summed E-state index contributed by atoms with van der Waals surface area (Å²) in [7, 11) is 1.80. The average Bonchev–Trinajstić information content (AvgIpc) is 3.39. The van der Waals surface area contributed by atoms with Gasteiger partial charge in [-0.2, -0.15) is 5.10 Å². The number of aliphatic hydroxyl groups is 1. The molecule has 1 aliphatic rings. The first-order valence-electron chi connectivity index (χ1n) is 11.7. The normalized spacial score (nSPS) is 15.1. The Bertz CT molecular complexity index is 997. The number of likely N-dealkylation sites (tertiary alicyclic amines) is 1. The molecule has 0 bridgehead atoms. The van der Waals surface area contributed by atoms with E-state index in [-0.39, 0.29) is 30.1 Å². The first-order valence-corrected chi connectivity index (χ1v) is 11.7. The summed E-state index contributed by atoms with van der Waals surface area (Å²) in [6.45, 7) is 4.44. The predicted molar refractivity (Wildman–Crippen MR) is 148 cm³/mol. The van der Waals surface area contributed by atoms with Gasteiger partial charge in [0.15, 0.2) is 5.96 Å². The lowest BCUT2D eigenvalue weighted by molar-refractivity contribution is 0.0792. The molecule has 2 aromatic carbocycles. The van der Waals surface area contributed by atoms with Crippen LogP contribution in [-0.2, 0) is 19.5 Å². The maximum Gasteiger partial charge on any atom is 0.191 e. The zero-order valence-corrected chi connectivity index (χ0v) is 22.1. The van der Waals surface area contributed by atoms with E-state index in [9.17, 15) is 5.11 Å². The van der Waals surface area contributed by atoms with Crippen LogP contribution in [0.25, 0.3) is 5.69 Å². The molecular weight excluding hydrogens is 539 g/mol. The maximum atomic E-state index is 9.66. The quantitative estimate of drug-likeness (QED) is 0.219. The Kier molecular flexibility index (Phi) is 10.4. The highest BCUT2D eigenvalue weighted by atomic mass is 127. The van der Waals surface area contributed by atoms with Crippen LogP contribution in [0, 0.1) is 0 Å². The third-order valence-corrected chi connectivity index (χ3v) is 6.08. The van der Waals surface area contributed by atoms with Crippen LogP contribution in [0.1, 0.15) is 29.5 Å². The maximum absolute atomic E-state index is 9.66. The molecule has 4 rings (SSSR count). The number of nitrogens with one attached hydrogen (secondary N) is 2. The van der Waals surface area contributed by atoms with Gasteiger partial charge in [-0.25, -0.2) is 4.68 Å². The van der Waals surface area contributed by atoms with Crippen molar-refractivity contribution in [2.45, 2.75) is 38.5 Å². The molecule has 0 unspecified atom stereocenters. The third kappa shape index (κ3) is 7.82. The molecule has 7 nitrogen and oxygen atoms in total. The van der Waals surface area contributed by atoms with Crippen molar-refractivity contribution in [3.8, 4) is 5.69 Å². The van der Waals surface area contributed by atoms with Crippen molar-refractivity contribution < 1.29 is 5.11 Å². The van der Waals surface area contributed by atoms with Crippen molar-refractivity contribution in [3.05, 3.63) is 83.7 Å². The van der Waals surface area contributed by atoms with Gasteiger partial charge in [-0.15, -0.1) is 24.0 Å². The number of hydrogen-bond donors (Lipinski definition) is 3. The van der Waals surface area contributed by atoms with Gasteiger partial charge in [0.1, 0.15) is 0 Å². The number of nitrogens with zero attached hydrogens (tertiary/aromatic N) is 4. The Morgan fingerprint density at radius 2 is 1.68 bits per heavy atom. The van der Waals surface area contributed by atoms with Crippen molar-refractivity contribution in [2.75, 3.05) is 26.7 Å². The molecule has 2 heterocycles. The lowest BCUT2D eigenvalue weighted by Gasteiger charge is -2.29. The van der Waals surface area contributed by atoms with E-state index in [0.29, 0.717) is 0 Å². The first-order chi connectivity index (χ1) is 16.2. The van der Waals surface area contributed by atoms with Crippen molar-refractivity contribution >= 4 is 29.9 Å². The summed E-state index contributed by atoms with van der Waals surface area (Å²) >= 11 is 0. The van der Waals surface area contributed by atoms with Gasteiger partial charge >= 0.3 is 0 Å². The van der Waals surface area contributed by atoms with E-state index in [4.69, 9.17) is 0 Å². The zero-order chi connectivity index (χ0) is 22.9. The minimum atomic E-state index is -0.120. The lowest BCUT2D eigenvalue weighted by Crippen LogP contribution is -2.37. The summed E-state index contributed by atoms with van der Waals surface area (Å²) in [6, 6.07) is 19.1. The Hall–Kier alpha value is -2.43. The van der Waals surface area contributed by atoms with Crippen LogP contribution in [0.4, 0.5) is 0 Å². The van der Waals surface area contributed by atoms with Gasteiger partial charge in [-0.1, -0.05) is 36.4 Å². The average molecular weight is 575 g/mol. The molecule has 8 heteroatoms. The number of rotatable bonds is 8. The Balaban J connectivity index is 0.00000324. The van der Waals surface area contributed by atoms with Crippen LogP contribution in [-0.4, -0.2) is 58.5 Å². The number of aliphatic hydroxyl groups excluding tert-OH is 1. The van der Waals surface area contributed by atoms with Crippen molar-refractivity contribution in [2.24, 2.45) is 4.99 Å². The molecule has 3 aromatic rings. The molecule has 3 N–H and O–H groups in total. The van der Waals surface area contributed by atoms with E-state index in [1.807, 2.05) is 16.9 Å². The fraction of sp³-hybridized carbons (Fsp3) is 0.385. The fourth-order valence-corrected chi connectivity index (χ4v) is 4.07. The van der Waals surface area contributed by atoms with Gasteiger partial charge in [-0.3, -0.25) is 9.89 Å². The van der Waals surface area contributed by atoms with Gasteiger partial charge in [0.05, 0.1) is 11.8 Å². The molecule has 1 fully saturated rings. The van der Waals surface area contributed by atoms with Gasteiger partial charge < -0.3 is 15.7 Å². The summed E-state index contributed by atoms with van der Waals surface area (Å²) in [5.41, 5.74) is 4.88. The van der Waals surface area contributed by atoms with Crippen LogP contribution in [0.5, 0.6) is 0 Å². The third-order valence-electron chi connectivity index (χ3n) is 6.08. The zero-order valence-electron chi connectivity index (χ0n) is 19.7. The molecule has 0 saturated carbocycles. The number of guanidine groups is 1. The highest BCUT2D eigenvalue weighted by Gasteiger charge is 2.16. The van der Waals surface area contributed by atoms with Crippen LogP contribution < -0.4 is 10.6 Å². The molecule has 0 radical (unpaired) electrons. The number of hydrogen-bond acceptors (Lipinski definition) is 4. The predicted octanol–water partition coefficient (Wildman–Crippen LogP) is 3.35. The first kappa shape index (κ1) is 26.2. The molecular formula is C26H35IN6O. The SMILES string of the molecule is CN=C(NCCc1ccc(-n2cccn2)cc1)NCc1ccc(CN2CCC(O)CC2)cc1.I. The van der Waals surface area contributed by atoms with Crippen molar-refractivity contribution in [3.63, 3.8) is 0 Å². The monoisotopic (exact) mass is 574 g/mol. The number of piperidine rings is 1. The van der Waals surface area contributed by atoms with Crippen molar-refractivity contribution in [1.29, 1.82) is 0 Å². The molecule has 0 amide bonds. The smallest absolute Gasteiger partial charge is 0.191 e. The largest absolute Gasteiger partial charge is 0.393 e. The van der Waals surface area contributed by atoms with Gasteiger partial charge in [-0.05, 0) is 54.2 Å². The van der Waals surface area contributed by atoms with E-state index < -0.39 is 0 Å². The van der Waals surface area contributed by atoms with Crippen molar-refractivity contribution in [1.82, 2.24) is 25.3 Å². The second kappa shape index (κ2) is 13.5. The topological polar surface area (TPSA) is 77.7 Å². The Labute approximate surface area is 219 Å². The standard InChI is InChI=1S/C26H34N6O.HI/c1-27-26(28-15-11-21-7-9-24(10-8-21)32-16-2-14-30-32)29-19-22-3-5-23(6-4-22)20-31-17-12-25(33)13-18-31;/h2-10,14,16,25,33H,11-13,15,17-20H2,1H3,(H2,27,28,29);1H. The summed E-state index contributed by atoms with van der Waals surface area (Å²) in [6.07, 6.45) is 6.29. The molecule has 1 aromatic heterocycles. The Morgan fingerprint density at radius 3 is 2.32 bits per heavy atom. The fourth-order valence-electron chi connectivity index (χ4n) is 4.07. The molecule has 34 heavy (non-hydrogen) atoms. The molecule has 182 valence electrons. The minimum absolute atomic E-state index is 0. The second-order valence-corrected chi connectivity index (χ2v) is 8.54. The van der Waals surface area contributed by atoms with Crippen LogP contribution in [0.2, 0.25) is 0 Å². The van der Waals surface area contributed by atoms with E-state index in [1.54, 1.807) is 13.2 Å². The Morgan fingerprint density at radius 1 is 1.00 bits per heavy atom. The number of aliphatic imine (C=N–C) groups is 1. The second-order valence-electron chi connectivity index (χ2n) is 8.54. The van der Waals surface area contributed by atoms with Gasteiger partial charge in [0.2, 0.25) is 0 Å². The van der Waals surface area contributed by atoms with E-state index in [2.05, 4.69) is 74.2 Å².